The summed E-state index contributed by atoms with van der Waals surface area (Å²) in [7, 11) is 0. The molecule has 0 spiro atoms. The van der Waals surface area contributed by atoms with Gasteiger partial charge in [0.15, 0.2) is 12.0 Å². The molecule has 4 nitrogen and oxygen atoms in total. The summed E-state index contributed by atoms with van der Waals surface area (Å²) in [6.07, 6.45) is 5.33. The van der Waals surface area contributed by atoms with E-state index in [1.807, 2.05) is 23.4 Å². The SMILES string of the molecule is CSc1ccc(C2=NC(C(Cl)(Cl)Cl)N(C3CCN(CC(C)C)CC3)C=N2)cc1. The Labute approximate surface area is 187 Å². The van der Waals surface area contributed by atoms with Crippen LogP contribution in [0.15, 0.2) is 39.1 Å². The van der Waals surface area contributed by atoms with Crippen LogP contribution in [-0.2, 0) is 0 Å². The maximum Gasteiger partial charge on any atom is 0.230 e. The van der Waals surface area contributed by atoms with Crippen molar-refractivity contribution < 1.29 is 0 Å². The average Bonchev–Trinajstić information content (AvgIpc) is 2.67. The molecule has 2 aliphatic rings. The number of alkyl halides is 3. The molecule has 0 saturated carbocycles. The number of nitrogens with zero attached hydrogens (tertiary/aromatic N) is 4. The summed E-state index contributed by atoms with van der Waals surface area (Å²) in [6.45, 7) is 7.73. The van der Waals surface area contributed by atoms with Gasteiger partial charge in [-0.15, -0.1) is 11.8 Å². The molecule has 1 fully saturated rings. The van der Waals surface area contributed by atoms with Gasteiger partial charge < -0.3 is 9.80 Å². The third kappa shape index (κ3) is 5.57. The molecule has 0 aromatic heterocycles. The zero-order chi connectivity index (χ0) is 20.3. The van der Waals surface area contributed by atoms with Crippen LogP contribution in [0.5, 0.6) is 0 Å². The lowest BCUT2D eigenvalue weighted by Crippen LogP contribution is -2.53. The number of rotatable bonds is 5. The Morgan fingerprint density at radius 1 is 1.14 bits per heavy atom. The van der Waals surface area contributed by atoms with Crippen LogP contribution < -0.4 is 0 Å². The monoisotopic (exact) mass is 460 g/mol. The minimum absolute atomic E-state index is 0.275. The van der Waals surface area contributed by atoms with Gasteiger partial charge >= 0.3 is 0 Å². The van der Waals surface area contributed by atoms with E-state index >= 15 is 0 Å². The molecule has 3 rings (SSSR count). The van der Waals surface area contributed by atoms with Crippen LogP contribution >= 0.6 is 46.6 Å². The second kappa shape index (κ2) is 9.57. The first-order chi connectivity index (χ1) is 13.3. The van der Waals surface area contributed by atoms with Gasteiger partial charge in [0.2, 0.25) is 3.79 Å². The highest BCUT2D eigenvalue weighted by Crippen LogP contribution is 2.37. The van der Waals surface area contributed by atoms with Crippen LogP contribution in [-0.4, -0.2) is 63.9 Å². The van der Waals surface area contributed by atoms with Crippen LogP contribution in [0.2, 0.25) is 0 Å². The van der Waals surface area contributed by atoms with Crippen molar-refractivity contribution in [2.24, 2.45) is 15.9 Å². The van der Waals surface area contributed by atoms with E-state index in [0.717, 1.165) is 38.0 Å². The molecule has 1 saturated heterocycles. The maximum absolute atomic E-state index is 6.33. The fraction of sp³-hybridized carbons (Fsp3) is 0.600. The van der Waals surface area contributed by atoms with Crippen molar-refractivity contribution in [3.05, 3.63) is 29.8 Å². The Hall–Kier alpha value is -0.460. The Balaban J connectivity index is 1.75. The Bertz CT molecular complexity index is 707. The van der Waals surface area contributed by atoms with E-state index in [-0.39, 0.29) is 6.04 Å². The largest absolute Gasteiger partial charge is 0.334 e. The summed E-state index contributed by atoms with van der Waals surface area (Å²) in [5.74, 6) is 1.28. The van der Waals surface area contributed by atoms with Crippen molar-refractivity contribution in [1.29, 1.82) is 0 Å². The zero-order valence-electron chi connectivity index (χ0n) is 16.5. The smallest absolute Gasteiger partial charge is 0.230 e. The molecule has 2 heterocycles. The molecule has 1 unspecified atom stereocenters. The average molecular weight is 462 g/mol. The standard InChI is InChI=1S/C20H27Cl3N4S/c1-14(2)12-26-10-8-16(9-11-26)27-13-24-18(25-19(27)20(21,22)23)15-4-6-17(28-3)7-5-15/h4-7,13-14,16,19H,8-12H2,1-3H3. The Kier molecular flexibility index (Phi) is 7.60. The topological polar surface area (TPSA) is 31.2 Å². The predicted molar refractivity (Wildman–Crippen MR) is 123 cm³/mol. The van der Waals surface area contributed by atoms with Crippen molar-refractivity contribution >= 4 is 58.7 Å². The quantitative estimate of drug-likeness (QED) is 0.439. The van der Waals surface area contributed by atoms with Crippen molar-refractivity contribution in [3.63, 3.8) is 0 Å². The molecular weight excluding hydrogens is 435 g/mol. The molecule has 0 amide bonds. The summed E-state index contributed by atoms with van der Waals surface area (Å²) >= 11 is 20.7. The van der Waals surface area contributed by atoms with Gasteiger partial charge in [-0.3, -0.25) is 0 Å². The number of aliphatic imine (C=N–C) groups is 2. The summed E-state index contributed by atoms with van der Waals surface area (Å²) in [5.41, 5.74) is 0.930. The van der Waals surface area contributed by atoms with Crippen LogP contribution in [0.3, 0.4) is 0 Å². The number of benzene rings is 1. The van der Waals surface area contributed by atoms with Crippen LogP contribution in [0, 0.1) is 5.92 Å². The van der Waals surface area contributed by atoms with Gasteiger partial charge in [-0.25, -0.2) is 9.98 Å². The van der Waals surface area contributed by atoms with Crippen LogP contribution in [0.25, 0.3) is 0 Å². The van der Waals surface area contributed by atoms with E-state index in [2.05, 4.69) is 42.1 Å². The summed E-state index contributed by atoms with van der Waals surface area (Å²) < 4.78 is -1.52. The highest BCUT2D eigenvalue weighted by molar-refractivity contribution is 7.98. The van der Waals surface area contributed by atoms with Gasteiger partial charge in [-0.2, -0.15) is 0 Å². The van der Waals surface area contributed by atoms with E-state index in [4.69, 9.17) is 39.8 Å². The molecular formula is C20H27Cl3N4S. The first-order valence-electron chi connectivity index (χ1n) is 9.61. The lowest BCUT2D eigenvalue weighted by molar-refractivity contribution is 0.125. The van der Waals surface area contributed by atoms with Gasteiger partial charge in [0.05, 0.1) is 6.34 Å². The number of likely N-dealkylation sites (tertiary alicyclic amines) is 1. The second-order valence-electron chi connectivity index (χ2n) is 7.71. The van der Waals surface area contributed by atoms with Gasteiger partial charge in [0.25, 0.3) is 0 Å². The molecule has 1 atom stereocenters. The van der Waals surface area contributed by atoms with E-state index < -0.39 is 9.96 Å². The number of thioether (sulfide) groups is 1. The third-order valence-electron chi connectivity index (χ3n) is 5.08. The van der Waals surface area contributed by atoms with Gasteiger partial charge in [-0.05, 0) is 37.1 Å². The highest BCUT2D eigenvalue weighted by Gasteiger charge is 2.41. The first-order valence-corrected chi connectivity index (χ1v) is 12.0. The lowest BCUT2D eigenvalue weighted by Gasteiger charge is -2.43. The molecule has 8 heteroatoms. The molecule has 1 aromatic rings. The van der Waals surface area contributed by atoms with E-state index in [1.54, 1.807) is 11.8 Å². The number of hydrogen-bond donors (Lipinski definition) is 0. The molecule has 0 bridgehead atoms. The van der Waals surface area contributed by atoms with Gasteiger partial charge in [0.1, 0.15) is 0 Å². The normalized spacial score (nSPS) is 22.0. The zero-order valence-corrected chi connectivity index (χ0v) is 19.6. The minimum atomic E-state index is -1.52. The number of piperidine rings is 1. The Morgan fingerprint density at radius 2 is 1.79 bits per heavy atom. The van der Waals surface area contributed by atoms with Gasteiger partial charge in [0, 0.05) is 36.1 Å². The molecule has 0 radical (unpaired) electrons. The summed E-state index contributed by atoms with van der Waals surface area (Å²) in [4.78, 5) is 15.1. The summed E-state index contributed by atoms with van der Waals surface area (Å²) in [6, 6.07) is 8.41. The molecule has 0 aliphatic carbocycles. The first kappa shape index (κ1) is 22.2. The molecule has 28 heavy (non-hydrogen) atoms. The fourth-order valence-corrected chi connectivity index (χ4v) is 4.63. The molecule has 0 N–H and O–H groups in total. The number of halogens is 3. The number of hydrogen-bond acceptors (Lipinski definition) is 5. The molecule has 1 aromatic carbocycles. The predicted octanol–water partition coefficient (Wildman–Crippen LogP) is 5.32. The van der Waals surface area contributed by atoms with Gasteiger partial charge in [-0.1, -0.05) is 60.8 Å². The second-order valence-corrected chi connectivity index (χ2v) is 11.0. The van der Waals surface area contributed by atoms with Crippen LogP contribution in [0.4, 0.5) is 0 Å². The van der Waals surface area contributed by atoms with E-state index in [9.17, 15) is 0 Å². The maximum atomic E-state index is 6.33. The van der Waals surface area contributed by atoms with Crippen molar-refractivity contribution in [2.75, 3.05) is 25.9 Å². The van der Waals surface area contributed by atoms with Crippen molar-refractivity contribution in [3.8, 4) is 0 Å². The van der Waals surface area contributed by atoms with Crippen molar-refractivity contribution in [2.45, 2.75) is 47.6 Å². The fourth-order valence-electron chi connectivity index (χ4n) is 3.74. The lowest BCUT2D eigenvalue weighted by atomic mass is 10.0. The van der Waals surface area contributed by atoms with Crippen LogP contribution in [0.1, 0.15) is 32.3 Å². The molecule has 154 valence electrons. The third-order valence-corrected chi connectivity index (χ3v) is 6.41. The van der Waals surface area contributed by atoms with E-state index in [1.165, 1.54) is 4.90 Å². The Morgan fingerprint density at radius 3 is 2.32 bits per heavy atom. The number of amidine groups is 1. The minimum Gasteiger partial charge on any atom is -0.334 e. The van der Waals surface area contributed by atoms with E-state index in [0.29, 0.717) is 11.8 Å². The summed E-state index contributed by atoms with van der Waals surface area (Å²) in [5, 5.41) is 0. The van der Waals surface area contributed by atoms with Crippen molar-refractivity contribution in [1.82, 2.24) is 9.80 Å². The highest BCUT2D eigenvalue weighted by atomic mass is 35.6. The molecule has 2 aliphatic heterocycles.